The summed E-state index contributed by atoms with van der Waals surface area (Å²) in [6, 6.07) is 0.0550. The smallest absolute Gasteiger partial charge is 0.231 e. The molecule has 1 aromatic rings. The van der Waals surface area contributed by atoms with Crippen molar-refractivity contribution in [1.82, 2.24) is 15.0 Å². The lowest BCUT2D eigenvalue weighted by Gasteiger charge is -2.18. The van der Waals surface area contributed by atoms with Crippen molar-refractivity contribution < 1.29 is 4.21 Å². The molecule has 2 atom stereocenters. The number of aromatic nitrogens is 3. The molecule has 20 heavy (non-hydrogen) atoms. The Hall–Kier alpha value is -1.44. The molecule has 1 aliphatic heterocycles. The third-order valence-corrected chi connectivity index (χ3v) is 4.07. The first-order valence-electron chi connectivity index (χ1n) is 6.84. The fourth-order valence-corrected chi connectivity index (χ4v) is 3.00. The average molecular weight is 298 g/mol. The van der Waals surface area contributed by atoms with Crippen LogP contribution >= 0.6 is 0 Å². The molecule has 1 aliphatic rings. The summed E-state index contributed by atoms with van der Waals surface area (Å²) < 4.78 is 11.2. The van der Waals surface area contributed by atoms with Crippen molar-refractivity contribution in [2.45, 2.75) is 25.8 Å². The molecule has 1 fully saturated rings. The van der Waals surface area contributed by atoms with Crippen LogP contribution in [0.1, 0.15) is 19.8 Å². The summed E-state index contributed by atoms with van der Waals surface area (Å²) >= 11 is 0. The highest BCUT2D eigenvalue weighted by molar-refractivity contribution is 7.84. The number of anilines is 3. The molecule has 0 bridgehead atoms. The molecule has 2 heterocycles. The summed E-state index contributed by atoms with van der Waals surface area (Å²) in [5, 5.41) is 6.15. The molecule has 0 aliphatic carbocycles. The van der Waals surface area contributed by atoms with E-state index in [4.69, 9.17) is 0 Å². The largest absolute Gasteiger partial charge is 0.357 e. The van der Waals surface area contributed by atoms with Crippen molar-refractivity contribution in [2.24, 2.45) is 0 Å². The van der Waals surface area contributed by atoms with E-state index in [-0.39, 0.29) is 6.04 Å². The van der Waals surface area contributed by atoms with Crippen molar-refractivity contribution in [3.8, 4) is 0 Å². The molecular formula is C12H22N6OS. The van der Waals surface area contributed by atoms with Crippen LogP contribution in [0.25, 0.3) is 0 Å². The van der Waals surface area contributed by atoms with Crippen LogP contribution in [0.4, 0.5) is 17.8 Å². The quantitative estimate of drug-likeness (QED) is 0.799. The number of rotatable bonds is 6. The summed E-state index contributed by atoms with van der Waals surface area (Å²) in [5.41, 5.74) is 0. The van der Waals surface area contributed by atoms with Crippen molar-refractivity contribution in [3.63, 3.8) is 0 Å². The van der Waals surface area contributed by atoms with Gasteiger partial charge in [-0.3, -0.25) is 4.21 Å². The molecule has 112 valence electrons. The van der Waals surface area contributed by atoms with Gasteiger partial charge in [-0.2, -0.15) is 15.0 Å². The zero-order chi connectivity index (χ0) is 14.5. The first-order valence-corrected chi connectivity index (χ1v) is 8.56. The van der Waals surface area contributed by atoms with Crippen LogP contribution < -0.4 is 15.5 Å². The van der Waals surface area contributed by atoms with E-state index in [1.54, 1.807) is 13.3 Å². The van der Waals surface area contributed by atoms with Gasteiger partial charge in [-0.05, 0) is 19.8 Å². The predicted octanol–water partition coefficient (Wildman–Crippen LogP) is 0.692. The number of hydrogen-bond donors (Lipinski definition) is 2. The molecule has 0 spiro atoms. The van der Waals surface area contributed by atoms with Crippen molar-refractivity contribution in [2.75, 3.05) is 47.7 Å². The molecule has 2 unspecified atom stereocenters. The van der Waals surface area contributed by atoms with Crippen molar-refractivity contribution in [1.29, 1.82) is 0 Å². The van der Waals surface area contributed by atoms with Gasteiger partial charge in [-0.15, -0.1) is 0 Å². The summed E-state index contributed by atoms with van der Waals surface area (Å²) in [6.45, 7) is 3.95. The third kappa shape index (κ3) is 4.03. The number of nitrogens with zero attached hydrogens (tertiary/aromatic N) is 4. The standard InChI is InChI=1S/C12H22N6OS/c1-9(8-20(3)19)14-11-15-10(13-2)16-12(17-11)18-6-4-5-7-18/h9H,4-8H2,1-3H3,(H2,13,14,15,16,17). The van der Waals surface area contributed by atoms with E-state index < -0.39 is 10.8 Å². The Balaban J connectivity index is 2.14. The van der Waals surface area contributed by atoms with Gasteiger partial charge in [0.05, 0.1) is 0 Å². The average Bonchev–Trinajstić information content (AvgIpc) is 2.91. The van der Waals surface area contributed by atoms with E-state index in [0.29, 0.717) is 23.6 Å². The highest BCUT2D eigenvalue weighted by Gasteiger charge is 2.17. The number of nitrogens with one attached hydrogen (secondary N) is 2. The van der Waals surface area contributed by atoms with E-state index in [1.165, 1.54) is 12.8 Å². The Labute approximate surface area is 122 Å². The molecule has 8 heteroatoms. The molecule has 0 radical (unpaired) electrons. The fraction of sp³-hybridized carbons (Fsp3) is 0.750. The fourth-order valence-electron chi connectivity index (χ4n) is 2.21. The first-order chi connectivity index (χ1) is 9.58. The Morgan fingerprint density at radius 2 is 1.90 bits per heavy atom. The van der Waals surface area contributed by atoms with Crippen LogP contribution in [-0.2, 0) is 10.8 Å². The van der Waals surface area contributed by atoms with Gasteiger partial charge >= 0.3 is 0 Å². The minimum absolute atomic E-state index is 0.0550. The predicted molar refractivity (Wildman–Crippen MR) is 82.8 cm³/mol. The summed E-state index contributed by atoms with van der Waals surface area (Å²) in [6.07, 6.45) is 4.05. The zero-order valence-electron chi connectivity index (χ0n) is 12.2. The summed E-state index contributed by atoms with van der Waals surface area (Å²) in [4.78, 5) is 15.3. The minimum Gasteiger partial charge on any atom is -0.357 e. The van der Waals surface area contributed by atoms with Crippen LogP contribution in [-0.4, -0.2) is 57.3 Å². The highest BCUT2D eigenvalue weighted by atomic mass is 32.2. The van der Waals surface area contributed by atoms with E-state index in [0.717, 1.165) is 13.1 Å². The van der Waals surface area contributed by atoms with Gasteiger partial charge in [0.15, 0.2) is 0 Å². The van der Waals surface area contributed by atoms with E-state index in [1.807, 2.05) is 6.92 Å². The maximum Gasteiger partial charge on any atom is 0.231 e. The van der Waals surface area contributed by atoms with E-state index in [9.17, 15) is 4.21 Å². The lowest BCUT2D eigenvalue weighted by molar-refractivity contribution is 0.682. The Morgan fingerprint density at radius 3 is 2.50 bits per heavy atom. The van der Waals surface area contributed by atoms with Crippen LogP contribution in [0.2, 0.25) is 0 Å². The van der Waals surface area contributed by atoms with Gasteiger partial charge in [0.1, 0.15) is 0 Å². The minimum atomic E-state index is -0.844. The molecule has 7 nitrogen and oxygen atoms in total. The topological polar surface area (TPSA) is 83.0 Å². The normalized spacial score (nSPS) is 17.9. The van der Waals surface area contributed by atoms with Crippen LogP contribution in [0.5, 0.6) is 0 Å². The Morgan fingerprint density at radius 1 is 1.25 bits per heavy atom. The van der Waals surface area contributed by atoms with Gasteiger partial charge in [-0.25, -0.2) is 0 Å². The van der Waals surface area contributed by atoms with Gasteiger partial charge < -0.3 is 15.5 Å². The lowest BCUT2D eigenvalue weighted by Crippen LogP contribution is -2.26. The van der Waals surface area contributed by atoms with Crippen LogP contribution in [0.3, 0.4) is 0 Å². The molecular weight excluding hydrogens is 276 g/mol. The zero-order valence-corrected chi connectivity index (χ0v) is 13.0. The van der Waals surface area contributed by atoms with Crippen LogP contribution in [0.15, 0.2) is 0 Å². The summed E-state index contributed by atoms with van der Waals surface area (Å²) in [7, 11) is 0.946. The molecule has 0 saturated carbocycles. The molecule has 1 aromatic heterocycles. The molecule has 2 rings (SSSR count). The molecule has 0 amide bonds. The van der Waals surface area contributed by atoms with Crippen molar-refractivity contribution >= 4 is 28.6 Å². The Kier molecular flexibility index (Phi) is 5.11. The second-order valence-corrected chi connectivity index (χ2v) is 6.49. The summed E-state index contributed by atoms with van der Waals surface area (Å²) in [5.74, 6) is 2.35. The van der Waals surface area contributed by atoms with Crippen LogP contribution in [0, 0.1) is 0 Å². The monoisotopic (exact) mass is 298 g/mol. The van der Waals surface area contributed by atoms with Gasteiger partial charge in [-0.1, -0.05) is 0 Å². The molecule has 1 saturated heterocycles. The second kappa shape index (κ2) is 6.83. The Bertz CT molecular complexity index is 477. The van der Waals surface area contributed by atoms with Gasteiger partial charge in [0.2, 0.25) is 17.8 Å². The lowest BCUT2D eigenvalue weighted by atomic mass is 10.4. The second-order valence-electron chi connectivity index (χ2n) is 5.01. The maximum absolute atomic E-state index is 11.2. The number of hydrogen-bond acceptors (Lipinski definition) is 7. The van der Waals surface area contributed by atoms with Gasteiger partial charge in [0.25, 0.3) is 0 Å². The van der Waals surface area contributed by atoms with Crippen molar-refractivity contribution in [3.05, 3.63) is 0 Å². The van der Waals surface area contributed by atoms with Gasteiger partial charge in [0, 0.05) is 49.0 Å². The van der Waals surface area contributed by atoms with E-state index >= 15 is 0 Å². The maximum atomic E-state index is 11.2. The van der Waals surface area contributed by atoms with E-state index in [2.05, 4.69) is 30.5 Å². The molecule has 2 N–H and O–H groups in total. The SMILES string of the molecule is CNc1nc(NC(C)CS(C)=O)nc(N2CCCC2)n1. The highest BCUT2D eigenvalue weighted by Crippen LogP contribution is 2.18. The molecule has 0 aromatic carbocycles. The first kappa shape index (κ1) is 15.0. The third-order valence-electron chi connectivity index (χ3n) is 3.10.